The maximum atomic E-state index is 9.55. The Labute approximate surface area is 179 Å². The number of halogens is 1. The summed E-state index contributed by atoms with van der Waals surface area (Å²) in [5.74, 6) is -1.29. The summed E-state index contributed by atoms with van der Waals surface area (Å²) < 4.78 is 5.86. The van der Waals surface area contributed by atoms with E-state index in [2.05, 4.69) is 17.0 Å². The summed E-state index contributed by atoms with van der Waals surface area (Å²) in [4.78, 5) is 21.6. The molecule has 2 aromatic rings. The molecule has 0 atom stereocenters. The number of benzene rings is 2. The van der Waals surface area contributed by atoms with Gasteiger partial charge in [-0.05, 0) is 55.8 Å². The normalized spacial score (nSPS) is 13.3. The lowest BCUT2D eigenvalue weighted by atomic mass is 10.2. The highest BCUT2D eigenvalue weighted by atomic mass is 35.5. The van der Waals surface area contributed by atoms with Gasteiger partial charge in [-0.25, -0.2) is 9.59 Å². The van der Waals surface area contributed by atoms with E-state index in [1.807, 2.05) is 18.2 Å². The fourth-order valence-electron chi connectivity index (χ4n) is 2.85. The molecule has 0 bridgehead atoms. The van der Waals surface area contributed by atoms with Crippen LogP contribution in [0.15, 0.2) is 54.6 Å². The second-order valence-electron chi connectivity index (χ2n) is 6.49. The van der Waals surface area contributed by atoms with Gasteiger partial charge in [0.15, 0.2) is 0 Å². The van der Waals surface area contributed by atoms with Gasteiger partial charge in [0.05, 0.1) is 5.56 Å². The maximum Gasteiger partial charge on any atom is 0.328 e. The molecule has 1 fully saturated rings. The van der Waals surface area contributed by atoms with Gasteiger partial charge >= 0.3 is 11.9 Å². The average molecular weight is 429 g/mol. The van der Waals surface area contributed by atoms with E-state index in [9.17, 15) is 9.59 Å². The molecule has 0 radical (unpaired) electrons. The molecule has 8 heteroatoms. The molecule has 1 aliphatic heterocycles. The molecule has 1 aliphatic rings. The minimum Gasteiger partial charge on any atom is -0.478 e. The fourth-order valence-corrected chi connectivity index (χ4v) is 3.01. The lowest BCUT2D eigenvalue weighted by Crippen LogP contribution is -2.18. The van der Waals surface area contributed by atoms with E-state index >= 15 is 0 Å². The molecule has 1 saturated heterocycles. The number of hydrogen-bond acceptors (Lipinski definition) is 5. The maximum absolute atomic E-state index is 9.55. The van der Waals surface area contributed by atoms with Crippen molar-refractivity contribution < 1.29 is 24.5 Å². The lowest BCUT2D eigenvalue weighted by Gasteiger charge is -2.15. The molecule has 3 rings (SSSR count). The van der Waals surface area contributed by atoms with Gasteiger partial charge in [-0.3, -0.25) is 4.90 Å². The zero-order valence-corrected chi connectivity index (χ0v) is 16.9. The van der Waals surface area contributed by atoms with Gasteiger partial charge in [0.25, 0.3) is 0 Å². The van der Waals surface area contributed by atoms with Gasteiger partial charge < -0.3 is 14.9 Å². The standard InChI is InChI=1S/C18H17ClN2O.C4H4O4/c19-16-7-6-15(12-20)18(11-16)22-17-5-3-4-14(10-17)13-21-8-1-2-9-21;5-3(6)1-2-4(7)8/h3-7,10-11H,1-2,8-9,13H2;1-2H,(H,5,6)(H,7,8). The van der Waals surface area contributed by atoms with Crippen molar-refractivity contribution in [1.82, 2.24) is 4.90 Å². The Bertz CT molecular complexity index is 946. The second-order valence-corrected chi connectivity index (χ2v) is 6.93. The van der Waals surface area contributed by atoms with Crippen LogP contribution in [0.4, 0.5) is 0 Å². The number of nitriles is 1. The van der Waals surface area contributed by atoms with Crippen molar-refractivity contribution in [3.63, 3.8) is 0 Å². The largest absolute Gasteiger partial charge is 0.478 e. The van der Waals surface area contributed by atoms with Crippen molar-refractivity contribution in [2.45, 2.75) is 19.4 Å². The van der Waals surface area contributed by atoms with Crippen molar-refractivity contribution in [2.24, 2.45) is 0 Å². The smallest absolute Gasteiger partial charge is 0.328 e. The Morgan fingerprint density at radius 1 is 1.10 bits per heavy atom. The summed E-state index contributed by atoms with van der Waals surface area (Å²) in [6, 6.07) is 15.2. The van der Waals surface area contributed by atoms with Gasteiger partial charge in [0, 0.05) is 29.8 Å². The highest BCUT2D eigenvalue weighted by Crippen LogP contribution is 2.29. The van der Waals surface area contributed by atoms with Crippen molar-refractivity contribution in [3.05, 3.63) is 70.8 Å². The number of rotatable bonds is 6. The Morgan fingerprint density at radius 3 is 2.37 bits per heavy atom. The van der Waals surface area contributed by atoms with E-state index in [1.54, 1.807) is 18.2 Å². The molecule has 0 saturated carbocycles. The summed E-state index contributed by atoms with van der Waals surface area (Å²) in [7, 11) is 0. The van der Waals surface area contributed by atoms with E-state index in [-0.39, 0.29) is 0 Å². The third-order valence-electron chi connectivity index (χ3n) is 4.16. The van der Waals surface area contributed by atoms with Crippen molar-refractivity contribution in [3.8, 4) is 17.6 Å². The zero-order valence-electron chi connectivity index (χ0n) is 16.1. The third kappa shape index (κ3) is 7.95. The van der Waals surface area contributed by atoms with Gasteiger partial charge in [0.2, 0.25) is 0 Å². The summed E-state index contributed by atoms with van der Waals surface area (Å²) in [5, 5.41) is 25.3. The van der Waals surface area contributed by atoms with E-state index in [0.29, 0.717) is 28.5 Å². The predicted octanol–water partition coefficient (Wildman–Crippen LogP) is 4.31. The van der Waals surface area contributed by atoms with Crippen LogP contribution in [-0.2, 0) is 16.1 Å². The molecule has 2 aromatic carbocycles. The summed E-state index contributed by atoms with van der Waals surface area (Å²) in [6.07, 6.45) is 3.68. The number of aliphatic carboxylic acids is 2. The van der Waals surface area contributed by atoms with Crippen LogP contribution in [0.1, 0.15) is 24.0 Å². The monoisotopic (exact) mass is 428 g/mol. The fraction of sp³-hybridized carbons (Fsp3) is 0.227. The van der Waals surface area contributed by atoms with Crippen LogP contribution in [0.25, 0.3) is 0 Å². The van der Waals surface area contributed by atoms with E-state index in [4.69, 9.17) is 31.8 Å². The molecule has 0 unspecified atom stereocenters. The lowest BCUT2D eigenvalue weighted by molar-refractivity contribution is -0.134. The molecule has 156 valence electrons. The van der Waals surface area contributed by atoms with Crippen LogP contribution in [0.2, 0.25) is 5.02 Å². The SMILES string of the molecule is N#Cc1ccc(Cl)cc1Oc1cccc(CN2CCCC2)c1.O=C(O)C=CC(=O)O. The van der Waals surface area contributed by atoms with E-state index in [0.717, 1.165) is 25.4 Å². The van der Waals surface area contributed by atoms with Crippen molar-refractivity contribution >= 4 is 23.5 Å². The van der Waals surface area contributed by atoms with Crippen LogP contribution in [0.3, 0.4) is 0 Å². The Kier molecular flexibility index (Phi) is 8.88. The van der Waals surface area contributed by atoms with Gasteiger partial charge in [-0.15, -0.1) is 0 Å². The minimum absolute atomic E-state index is 0.481. The number of carboxylic acids is 2. The second kappa shape index (κ2) is 11.6. The van der Waals surface area contributed by atoms with Gasteiger partial charge in [0.1, 0.15) is 17.6 Å². The highest BCUT2D eigenvalue weighted by molar-refractivity contribution is 6.30. The van der Waals surface area contributed by atoms with Crippen LogP contribution in [0, 0.1) is 11.3 Å². The van der Waals surface area contributed by atoms with Gasteiger partial charge in [-0.2, -0.15) is 5.26 Å². The van der Waals surface area contributed by atoms with Gasteiger partial charge in [-0.1, -0.05) is 23.7 Å². The molecule has 1 heterocycles. The molecule has 7 nitrogen and oxygen atoms in total. The number of carboxylic acid groups (broad SMARTS) is 2. The molecule has 0 aliphatic carbocycles. The first-order valence-electron chi connectivity index (χ1n) is 9.20. The van der Waals surface area contributed by atoms with E-state index < -0.39 is 11.9 Å². The Hall–Kier alpha value is -3.34. The van der Waals surface area contributed by atoms with Crippen molar-refractivity contribution in [1.29, 1.82) is 5.26 Å². The molecular weight excluding hydrogens is 408 g/mol. The first-order chi connectivity index (χ1) is 14.4. The Balaban J connectivity index is 0.000000343. The Morgan fingerprint density at radius 2 is 1.77 bits per heavy atom. The number of hydrogen-bond donors (Lipinski definition) is 2. The highest BCUT2D eigenvalue weighted by Gasteiger charge is 2.12. The van der Waals surface area contributed by atoms with Crippen LogP contribution in [0.5, 0.6) is 11.5 Å². The first kappa shape index (κ1) is 22.9. The molecule has 30 heavy (non-hydrogen) atoms. The number of ether oxygens (including phenoxy) is 1. The summed E-state index contributed by atoms with van der Waals surface area (Å²) in [6.45, 7) is 3.27. The molecule has 0 aromatic heterocycles. The predicted molar refractivity (Wildman–Crippen MR) is 112 cm³/mol. The third-order valence-corrected chi connectivity index (χ3v) is 4.40. The van der Waals surface area contributed by atoms with Crippen LogP contribution in [-0.4, -0.2) is 40.1 Å². The summed E-state index contributed by atoms with van der Waals surface area (Å²) >= 11 is 5.99. The first-order valence-corrected chi connectivity index (χ1v) is 9.58. The number of carbonyl (C=O) groups is 2. The minimum atomic E-state index is -1.26. The number of nitrogens with zero attached hydrogens (tertiary/aromatic N) is 2. The molecule has 0 spiro atoms. The zero-order chi connectivity index (χ0) is 21.9. The molecule has 0 amide bonds. The topological polar surface area (TPSA) is 111 Å². The average Bonchev–Trinajstić information content (AvgIpc) is 3.20. The van der Waals surface area contributed by atoms with E-state index in [1.165, 1.54) is 18.4 Å². The van der Waals surface area contributed by atoms with Crippen LogP contribution < -0.4 is 4.74 Å². The van der Waals surface area contributed by atoms with Crippen molar-refractivity contribution in [2.75, 3.05) is 13.1 Å². The van der Waals surface area contributed by atoms with Crippen LogP contribution >= 0.6 is 11.6 Å². The number of likely N-dealkylation sites (tertiary alicyclic amines) is 1. The molecular formula is C22H21ClN2O5. The summed E-state index contributed by atoms with van der Waals surface area (Å²) in [5.41, 5.74) is 1.70. The quantitative estimate of drug-likeness (QED) is 0.659. The molecule has 2 N–H and O–H groups in total.